The Bertz CT molecular complexity index is 999. The summed E-state index contributed by atoms with van der Waals surface area (Å²) in [5.41, 5.74) is 2.60. The Morgan fingerprint density at radius 1 is 1.21 bits per heavy atom. The number of amides is 2. The van der Waals surface area contributed by atoms with E-state index in [-0.39, 0.29) is 30.8 Å². The smallest absolute Gasteiger partial charge is 0.240 e. The lowest BCUT2D eigenvalue weighted by Gasteiger charge is -2.23. The first-order chi connectivity index (χ1) is 14.1. The van der Waals surface area contributed by atoms with Gasteiger partial charge in [-0.25, -0.2) is 4.98 Å². The van der Waals surface area contributed by atoms with Gasteiger partial charge in [-0.05, 0) is 36.8 Å². The van der Waals surface area contributed by atoms with E-state index >= 15 is 0 Å². The van der Waals surface area contributed by atoms with Crippen molar-refractivity contribution in [2.24, 2.45) is 0 Å². The fourth-order valence-corrected chi connectivity index (χ4v) is 3.35. The van der Waals surface area contributed by atoms with Gasteiger partial charge < -0.3 is 14.6 Å². The lowest BCUT2D eigenvalue weighted by atomic mass is 10.1. The van der Waals surface area contributed by atoms with E-state index < -0.39 is 0 Å². The first-order valence-electron chi connectivity index (χ1n) is 9.51. The van der Waals surface area contributed by atoms with Gasteiger partial charge in [-0.2, -0.15) is 0 Å². The van der Waals surface area contributed by atoms with Crippen LogP contribution >= 0.6 is 0 Å². The van der Waals surface area contributed by atoms with E-state index in [1.807, 2.05) is 60.2 Å². The molecule has 0 bridgehead atoms. The van der Waals surface area contributed by atoms with Crippen LogP contribution in [-0.2, 0) is 9.59 Å². The largest absolute Gasteiger partial charge is 0.491 e. The molecule has 148 valence electrons. The molecule has 1 aliphatic rings. The number of imidazole rings is 1. The highest BCUT2D eigenvalue weighted by Gasteiger charge is 2.25. The maximum absolute atomic E-state index is 12.7. The van der Waals surface area contributed by atoms with Gasteiger partial charge in [0.2, 0.25) is 11.8 Å². The van der Waals surface area contributed by atoms with Crippen LogP contribution in [0.5, 0.6) is 5.75 Å². The number of nitrogens with zero attached hydrogens (tertiary/aromatic N) is 3. The summed E-state index contributed by atoms with van der Waals surface area (Å²) in [6, 6.07) is 15.0. The maximum Gasteiger partial charge on any atom is 0.240 e. The van der Waals surface area contributed by atoms with Crippen LogP contribution in [-0.4, -0.2) is 34.5 Å². The number of benzene rings is 2. The van der Waals surface area contributed by atoms with Crippen LogP contribution in [0.2, 0.25) is 0 Å². The molecule has 3 aromatic rings. The number of ether oxygens (including phenoxy) is 1. The number of aromatic nitrogens is 2. The van der Waals surface area contributed by atoms with Crippen molar-refractivity contribution in [3.63, 3.8) is 0 Å². The molecular weight excluding hydrogens is 368 g/mol. The van der Waals surface area contributed by atoms with Crippen molar-refractivity contribution in [1.29, 1.82) is 0 Å². The summed E-state index contributed by atoms with van der Waals surface area (Å²) >= 11 is 0. The molecule has 2 heterocycles. The number of carbonyl (C=O) groups excluding carboxylic acids is 2. The van der Waals surface area contributed by atoms with Crippen molar-refractivity contribution in [1.82, 2.24) is 14.9 Å². The molecule has 29 heavy (non-hydrogen) atoms. The van der Waals surface area contributed by atoms with Crippen LogP contribution in [0, 0.1) is 0 Å². The summed E-state index contributed by atoms with van der Waals surface area (Å²) in [4.78, 5) is 30.7. The highest BCUT2D eigenvalue weighted by Crippen LogP contribution is 2.30. The summed E-state index contributed by atoms with van der Waals surface area (Å²) in [5.74, 6) is 0.276. The molecule has 1 N–H and O–H groups in total. The van der Waals surface area contributed by atoms with Crippen LogP contribution in [0.3, 0.4) is 0 Å². The van der Waals surface area contributed by atoms with Gasteiger partial charge in [0.05, 0.1) is 31.1 Å². The molecule has 0 fully saturated rings. The minimum atomic E-state index is -0.221. The highest BCUT2D eigenvalue weighted by atomic mass is 16.5. The lowest BCUT2D eigenvalue weighted by molar-refractivity contribution is -0.124. The summed E-state index contributed by atoms with van der Waals surface area (Å²) in [6.45, 7) is 2.19. The van der Waals surface area contributed by atoms with Crippen molar-refractivity contribution in [2.45, 2.75) is 19.4 Å². The molecule has 1 atom stereocenters. The van der Waals surface area contributed by atoms with E-state index in [9.17, 15) is 9.59 Å². The van der Waals surface area contributed by atoms with Crippen LogP contribution in [0.4, 0.5) is 5.69 Å². The number of fused-ring (bicyclic) bond motifs is 1. The average Bonchev–Trinajstić information content (AvgIpc) is 3.22. The lowest BCUT2D eigenvalue weighted by Crippen LogP contribution is -2.41. The van der Waals surface area contributed by atoms with Crippen LogP contribution in [0.25, 0.3) is 5.69 Å². The molecule has 0 unspecified atom stereocenters. The van der Waals surface area contributed by atoms with E-state index in [1.165, 1.54) is 4.90 Å². The fourth-order valence-electron chi connectivity index (χ4n) is 3.35. The minimum Gasteiger partial charge on any atom is -0.491 e. The van der Waals surface area contributed by atoms with Gasteiger partial charge in [0, 0.05) is 18.1 Å². The molecule has 7 nitrogen and oxygen atoms in total. The van der Waals surface area contributed by atoms with E-state index in [2.05, 4.69) is 10.3 Å². The number of hydrogen-bond donors (Lipinski definition) is 1. The number of para-hydroxylation sites is 2. The summed E-state index contributed by atoms with van der Waals surface area (Å²) < 4.78 is 7.54. The molecule has 0 radical (unpaired) electrons. The van der Waals surface area contributed by atoms with Crippen molar-refractivity contribution in [2.75, 3.05) is 18.1 Å². The number of anilines is 1. The van der Waals surface area contributed by atoms with Gasteiger partial charge in [-0.3, -0.25) is 14.5 Å². The van der Waals surface area contributed by atoms with Crippen molar-refractivity contribution in [3.8, 4) is 11.4 Å². The second-order valence-corrected chi connectivity index (χ2v) is 6.90. The van der Waals surface area contributed by atoms with E-state index in [1.54, 1.807) is 18.6 Å². The predicted molar refractivity (Wildman–Crippen MR) is 109 cm³/mol. The van der Waals surface area contributed by atoms with Crippen molar-refractivity contribution < 1.29 is 14.3 Å². The summed E-state index contributed by atoms with van der Waals surface area (Å²) in [6.07, 6.45) is 5.58. The zero-order valence-corrected chi connectivity index (χ0v) is 16.1. The van der Waals surface area contributed by atoms with Crippen LogP contribution in [0.1, 0.15) is 24.9 Å². The fraction of sp³-hybridized carbons (Fsp3) is 0.227. The zero-order valence-electron chi connectivity index (χ0n) is 16.1. The number of rotatable bonds is 5. The third-order valence-corrected chi connectivity index (χ3v) is 4.91. The summed E-state index contributed by atoms with van der Waals surface area (Å²) in [7, 11) is 0. The first kappa shape index (κ1) is 18.7. The Kier molecular flexibility index (Phi) is 5.29. The van der Waals surface area contributed by atoms with Gasteiger partial charge in [0.1, 0.15) is 12.3 Å². The Balaban J connectivity index is 1.43. The Morgan fingerprint density at radius 3 is 2.76 bits per heavy atom. The van der Waals surface area contributed by atoms with Crippen LogP contribution in [0.15, 0.2) is 67.3 Å². The quantitative estimate of drug-likeness (QED) is 0.727. The first-order valence-corrected chi connectivity index (χ1v) is 9.51. The SMILES string of the molecule is C[C@@H](NC(=O)CN1C(=O)CCOc2ccccc21)c1ccc(-n2ccnc2)cc1. The molecule has 2 aromatic carbocycles. The molecule has 4 rings (SSSR count). The third kappa shape index (κ3) is 4.13. The predicted octanol–water partition coefficient (Wildman–Crippen LogP) is 2.87. The maximum atomic E-state index is 12.7. The van der Waals surface area contributed by atoms with Crippen LogP contribution < -0.4 is 15.0 Å². The van der Waals surface area contributed by atoms with E-state index in [0.29, 0.717) is 18.0 Å². The average molecular weight is 390 g/mol. The molecule has 0 spiro atoms. The minimum absolute atomic E-state index is 0.0450. The van der Waals surface area contributed by atoms with Gasteiger partial charge >= 0.3 is 0 Å². The second kappa shape index (κ2) is 8.18. The Morgan fingerprint density at radius 2 is 2.00 bits per heavy atom. The Hall–Kier alpha value is -3.61. The van der Waals surface area contributed by atoms with E-state index in [4.69, 9.17) is 4.74 Å². The molecule has 7 heteroatoms. The highest BCUT2D eigenvalue weighted by molar-refractivity contribution is 6.00. The molecule has 2 amide bonds. The normalized spacial score (nSPS) is 14.5. The molecule has 1 aromatic heterocycles. The van der Waals surface area contributed by atoms with Gasteiger partial charge in [-0.15, -0.1) is 0 Å². The van der Waals surface area contributed by atoms with Crippen molar-refractivity contribution >= 4 is 17.5 Å². The number of hydrogen-bond acceptors (Lipinski definition) is 4. The molecular formula is C22H22N4O3. The van der Waals surface area contributed by atoms with Gasteiger partial charge in [0.15, 0.2) is 0 Å². The van der Waals surface area contributed by atoms with E-state index in [0.717, 1.165) is 11.3 Å². The molecule has 0 aliphatic carbocycles. The third-order valence-electron chi connectivity index (χ3n) is 4.91. The number of carbonyl (C=O) groups is 2. The summed E-state index contributed by atoms with van der Waals surface area (Å²) in [5, 5.41) is 2.98. The van der Waals surface area contributed by atoms with Gasteiger partial charge in [-0.1, -0.05) is 24.3 Å². The van der Waals surface area contributed by atoms with Gasteiger partial charge in [0.25, 0.3) is 0 Å². The second-order valence-electron chi connectivity index (χ2n) is 6.90. The molecule has 0 saturated heterocycles. The monoisotopic (exact) mass is 390 g/mol. The molecule has 1 aliphatic heterocycles. The zero-order chi connectivity index (χ0) is 20.2. The van der Waals surface area contributed by atoms with Crippen molar-refractivity contribution in [3.05, 3.63) is 72.8 Å². The number of nitrogens with one attached hydrogen (secondary N) is 1. The standard InChI is InChI=1S/C22H22N4O3/c1-16(17-6-8-18(9-7-17)25-12-11-23-15-25)24-21(27)14-26-19-4-2-3-5-20(19)29-13-10-22(26)28/h2-9,11-12,15-16H,10,13-14H2,1H3,(H,24,27)/t16-/m1/s1. The Labute approximate surface area is 168 Å². The topological polar surface area (TPSA) is 76.5 Å². The molecule has 0 saturated carbocycles.